The highest BCUT2D eigenvalue weighted by atomic mass is 16.6. The molecule has 0 radical (unpaired) electrons. The van der Waals surface area contributed by atoms with Crippen molar-refractivity contribution < 1.29 is 34.3 Å². The minimum Gasteiger partial charge on any atom is -0.504 e. The van der Waals surface area contributed by atoms with Gasteiger partial charge in [0.2, 0.25) is 0 Å². The summed E-state index contributed by atoms with van der Waals surface area (Å²) in [6.45, 7) is 9.73. The molecule has 178 valence electrons. The molecule has 0 aliphatic rings. The number of aliphatic hydroxyl groups excluding tert-OH is 2. The number of aromatic hydroxyl groups is 1. The highest BCUT2D eigenvalue weighted by Gasteiger charge is 2.27. The summed E-state index contributed by atoms with van der Waals surface area (Å²) >= 11 is 0. The third-order valence-electron chi connectivity index (χ3n) is 4.93. The second-order valence-electron chi connectivity index (χ2n) is 9.54. The lowest BCUT2D eigenvalue weighted by atomic mass is 9.86. The van der Waals surface area contributed by atoms with Crippen molar-refractivity contribution in [1.82, 2.24) is 0 Å². The van der Waals surface area contributed by atoms with Crippen molar-refractivity contribution in [2.45, 2.75) is 59.2 Å². The van der Waals surface area contributed by atoms with Gasteiger partial charge in [0.25, 0.3) is 0 Å². The molecule has 8 heteroatoms. The summed E-state index contributed by atoms with van der Waals surface area (Å²) < 4.78 is 16.2. The van der Waals surface area contributed by atoms with E-state index in [0.717, 1.165) is 5.56 Å². The zero-order chi connectivity index (χ0) is 23.7. The molecule has 31 heavy (non-hydrogen) atoms. The molecule has 0 aliphatic heterocycles. The Hall–Kier alpha value is -1.87. The molecular formula is C23H39NO7. The van der Waals surface area contributed by atoms with Crippen LogP contribution < -0.4 is 10.5 Å². The highest BCUT2D eigenvalue weighted by molar-refractivity contribution is 5.75. The second-order valence-corrected chi connectivity index (χ2v) is 9.54. The molecule has 0 saturated heterocycles. The van der Waals surface area contributed by atoms with Crippen LogP contribution >= 0.6 is 0 Å². The van der Waals surface area contributed by atoms with Gasteiger partial charge >= 0.3 is 5.97 Å². The summed E-state index contributed by atoms with van der Waals surface area (Å²) in [7, 11) is 1.22. The number of esters is 1. The zero-order valence-corrected chi connectivity index (χ0v) is 19.4. The van der Waals surface area contributed by atoms with Crippen LogP contribution in [-0.2, 0) is 20.7 Å². The first kappa shape index (κ1) is 27.2. The van der Waals surface area contributed by atoms with Crippen LogP contribution in [0.25, 0.3) is 0 Å². The molecular weight excluding hydrogens is 402 g/mol. The summed E-state index contributed by atoms with van der Waals surface area (Å²) in [4.78, 5) is 12.0. The fourth-order valence-corrected chi connectivity index (χ4v) is 3.03. The van der Waals surface area contributed by atoms with Gasteiger partial charge in [-0.1, -0.05) is 33.8 Å². The van der Waals surface area contributed by atoms with Crippen molar-refractivity contribution >= 4 is 5.97 Å². The SMILES string of the molecule is COC(=O)C(CC(O)CCO)Oc1ccc(CC(C)(C)COCC(C)(C)CN)cc1O. The number of aliphatic hydroxyl groups is 2. The van der Waals surface area contributed by atoms with Crippen LogP contribution in [0.3, 0.4) is 0 Å². The van der Waals surface area contributed by atoms with E-state index < -0.39 is 18.2 Å². The van der Waals surface area contributed by atoms with Crippen LogP contribution in [0.2, 0.25) is 0 Å². The Labute approximate surface area is 185 Å². The molecule has 0 spiro atoms. The molecule has 1 rings (SSSR count). The number of methoxy groups -OCH3 is 1. The lowest BCUT2D eigenvalue weighted by molar-refractivity contribution is -0.150. The number of hydrogen-bond donors (Lipinski definition) is 4. The molecule has 1 aromatic rings. The number of hydrogen-bond acceptors (Lipinski definition) is 8. The Morgan fingerprint density at radius 1 is 1.16 bits per heavy atom. The number of phenols is 1. The van der Waals surface area contributed by atoms with Crippen LogP contribution in [0.15, 0.2) is 18.2 Å². The van der Waals surface area contributed by atoms with Gasteiger partial charge in [0.15, 0.2) is 17.6 Å². The lowest BCUT2D eigenvalue weighted by Gasteiger charge is -2.28. The molecule has 0 saturated carbocycles. The predicted molar refractivity (Wildman–Crippen MR) is 118 cm³/mol. The first-order valence-corrected chi connectivity index (χ1v) is 10.6. The third-order valence-corrected chi connectivity index (χ3v) is 4.93. The summed E-state index contributed by atoms with van der Waals surface area (Å²) in [5.74, 6) is -0.655. The van der Waals surface area contributed by atoms with E-state index in [-0.39, 0.29) is 41.8 Å². The molecule has 2 unspecified atom stereocenters. The molecule has 5 N–H and O–H groups in total. The Morgan fingerprint density at radius 2 is 1.81 bits per heavy atom. The van der Waals surface area contributed by atoms with Crippen LogP contribution in [0, 0.1) is 10.8 Å². The number of benzene rings is 1. The Kier molecular flexibility index (Phi) is 10.7. The maximum absolute atomic E-state index is 12.0. The van der Waals surface area contributed by atoms with Crippen LogP contribution in [0.5, 0.6) is 11.5 Å². The summed E-state index contributed by atoms with van der Waals surface area (Å²) in [6, 6.07) is 5.01. The van der Waals surface area contributed by atoms with Crippen molar-refractivity contribution in [3.8, 4) is 11.5 Å². The quantitative estimate of drug-likeness (QED) is 0.323. The topological polar surface area (TPSA) is 131 Å². The van der Waals surface area contributed by atoms with Crippen molar-refractivity contribution in [3.63, 3.8) is 0 Å². The monoisotopic (exact) mass is 441 g/mol. The standard InChI is InChI=1S/C23H39NO7/c1-22(2,14-30-15-23(3,4)13-24)12-16-6-7-19(18(27)10-16)31-20(21(28)29-5)11-17(26)8-9-25/h6-7,10,17,20,25-27H,8-9,11-15,24H2,1-5H3. The molecule has 1 aromatic carbocycles. The minimum absolute atomic E-state index is 0.0576. The fourth-order valence-electron chi connectivity index (χ4n) is 3.03. The van der Waals surface area contributed by atoms with Gasteiger partial charge in [-0.15, -0.1) is 0 Å². The minimum atomic E-state index is -1.10. The maximum atomic E-state index is 12.0. The first-order chi connectivity index (χ1) is 14.4. The van der Waals surface area contributed by atoms with Crippen LogP contribution in [0.4, 0.5) is 0 Å². The molecule has 0 aromatic heterocycles. The van der Waals surface area contributed by atoms with Crippen LogP contribution in [-0.4, -0.2) is 67.0 Å². The fraction of sp³-hybridized carbons (Fsp3) is 0.696. The maximum Gasteiger partial charge on any atom is 0.347 e. The molecule has 8 nitrogen and oxygen atoms in total. The average Bonchev–Trinajstić information content (AvgIpc) is 2.68. The number of carbonyl (C=O) groups is 1. The van der Waals surface area contributed by atoms with Gasteiger partial charge in [0.1, 0.15) is 0 Å². The van der Waals surface area contributed by atoms with E-state index in [1.165, 1.54) is 7.11 Å². The van der Waals surface area contributed by atoms with Gasteiger partial charge < -0.3 is 35.3 Å². The van der Waals surface area contributed by atoms with E-state index in [1.54, 1.807) is 12.1 Å². The smallest absolute Gasteiger partial charge is 0.347 e. The van der Waals surface area contributed by atoms with Crippen molar-refractivity contribution in [3.05, 3.63) is 23.8 Å². The van der Waals surface area contributed by atoms with E-state index in [0.29, 0.717) is 26.2 Å². The summed E-state index contributed by atoms with van der Waals surface area (Å²) in [5, 5.41) is 29.2. The molecule has 0 bridgehead atoms. The van der Waals surface area contributed by atoms with E-state index in [2.05, 4.69) is 27.7 Å². The Balaban J connectivity index is 2.79. The first-order valence-electron chi connectivity index (χ1n) is 10.6. The predicted octanol–water partition coefficient (Wildman–Crippen LogP) is 2.02. The highest BCUT2D eigenvalue weighted by Crippen LogP contribution is 2.32. The van der Waals surface area contributed by atoms with Crippen molar-refractivity contribution in [2.24, 2.45) is 16.6 Å². The van der Waals surface area contributed by atoms with Crippen molar-refractivity contribution in [1.29, 1.82) is 0 Å². The normalized spacial score (nSPS) is 14.2. The number of ether oxygens (including phenoxy) is 3. The number of carbonyl (C=O) groups excluding carboxylic acids is 1. The summed E-state index contributed by atoms with van der Waals surface area (Å²) in [6.07, 6.45) is -1.31. The number of nitrogens with two attached hydrogens (primary N) is 1. The second kappa shape index (κ2) is 12.2. The van der Waals surface area contributed by atoms with E-state index >= 15 is 0 Å². The van der Waals surface area contributed by atoms with Gasteiger partial charge in [0, 0.05) is 18.4 Å². The van der Waals surface area contributed by atoms with Crippen LogP contribution in [0.1, 0.15) is 46.1 Å². The average molecular weight is 442 g/mol. The zero-order valence-electron chi connectivity index (χ0n) is 19.4. The van der Waals surface area contributed by atoms with Gasteiger partial charge in [-0.3, -0.25) is 0 Å². The number of rotatable bonds is 14. The van der Waals surface area contributed by atoms with E-state index in [9.17, 15) is 15.0 Å². The van der Waals surface area contributed by atoms with E-state index in [1.807, 2.05) is 6.07 Å². The largest absolute Gasteiger partial charge is 0.504 e. The van der Waals surface area contributed by atoms with Gasteiger partial charge in [0.05, 0.1) is 26.4 Å². The molecule has 0 fully saturated rings. The lowest BCUT2D eigenvalue weighted by Crippen LogP contribution is -2.33. The molecule has 0 amide bonds. The molecule has 2 atom stereocenters. The molecule has 0 aliphatic carbocycles. The Bertz CT molecular complexity index is 691. The molecule has 0 heterocycles. The van der Waals surface area contributed by atoms with Gasteiger partial charge in [-0.05, 0) is 42.5 Å². The van der Waals surface area contributed by atoms with Gasteiger partial charge in [-0.25, -0.2) is 4.79 Å². The van der Waals surface area contributed by atoms with E-state index in [4.69, 9.17) is 25.1 Å². The van der Waals surface area contributed by atoms with Gasteiger partial charge in [-0.2, -0.15) is 0 Å². The van der Waals surface area contributed by atoms with Crippen molar-refractivity contribution in [2.75, 3.05) is 33.5 Å². The third kappa shape index (κ3) is 9.86. The summed E-state index contributed by atoms with van der Waals surface area (Å²) in [5.41, 5.74) is 6.40. The Morgan fingerprint density at radius 3 is 2.35 bits per heavy atom. The number of phenolic OH excluding ortho intramolecular Hbond substituents is 1.